The van der Waals surface area contributed by atoms with Gasteiger partial charge in [0.15, 0.2) is 0 Å². The quantitative estimate of drug-likeness (QED) is 0.306. The van der Waals surface area contributed by atoms with E-state index in [0.717, 1.165) is 35.3 Å². The minimum absolute atomic E-state index is 0. The van der Waals surface area contributed by atoms with E-state index < -0.39 is 20.4 Å². The number of primary sulfonamides is 1. The molecule has 34 heavy (non-hydrogen) atoms. The molecule has 0 bridgehead atoms. The van der Waals surface area contributed by atoms with Crippen molar-refractivity contribution < 1.29 is 28.5 Å². The van der Waals surface area contributed by atoms with E-state index in [0.29, 0.717) is 5.56 Å². The van der Waals surface area contributed by atoms with Gasteiger partial charge in [-0.25, -0.2) is 13.6 Å². The van der Waals surface area contributed by atoms with Crippen LogP contribution in [-0.4, -0.2) is 34.5 Å². The zero-order valence-corrected chi connectivity index (χ0v) is 20.2. The summed E-state index contributed by atoms with van der Waals surface area (Å²) in [6.45, 7) is 2.08. The first-order chi connectivity index (χ1) is 15.0. The van der Waals surface area contributed by atoms with Crippen molar-refractivity contribution in [1.82, 2.24) is 0 Å². The Morgan fingerprint density at radius 3 is 1.88 bits per heavy atom. The molecule has 0 aliphatic heterocycles. The molecule has 12 heteroatoms. The Bertz CT molecular complexity index is 1130. The molecule has 1 aromatic heterocycles. The number of hydrogen-bond donors (Lipinski definition) is 5. The average Bonchev–Trinajstić information content (AvgIpc) is 3.11. The highest BCUT2D eigenvalue weighted by Gasteiger charge is 2.21. The topological polar surface area (TPSA) is 197 Å². The summed E-state index contributed by atoms with van der Waals surface area (Å²) in [6, 6.07) is 16.6. The molecule has 3 rings (SSSR count). The van der Waals surface area contributed by atoms with Crippen LogP contribution >= 0.6 is 24.4 Å². The lowest BCUT2D eigenvalue weighted by Crippen LogP contribution is -2.13. The zero-order valence-electron chi connectivity index (χ0n) is 17.8. The van der Waals surface area contributed by atoms with Crippen molar-refractivity contribution in [2.24, 2.45) is 16.6 Å². The molecular weight excluding hydrogens is 498 g/mol. The maximum Gasteiger partial charge on any atom is 0.251 e. The van der Waals surface area contributed by atoms with Crippen LogP contribution in [0.25, 0.3) is 22.3 Å². The van der Waals surface area contributed by atoms with E-state index in [1.54, 1.807) is 24.5 Å². The minimum Gasteiger partial charge on any atom is -0.487 e. The van der Waals surface area contributed by atoms with Gasteiger partial charge in [-0.05, 0) is 42.5 Å². The van der Waals surface area contributed by atoms with Gasteiger partial charge < -0.3 is 31.6 Å². The summed E-state index contributed by atoms with van der Waals surface area (Å²) in [5.41, 5.74) is 12.0. The third-order valence-electron chi connectivity index (χ3n) is 3.89. The van der Waals surface area contributed by atoms with Crippen LogP contribution in [0.1, 0.15) is 26.5 Å². The Kier molecular flexibility index (Phi) is 15.3. The Morgan fingerprint density at radius 2 is 1.41 bits per heavy atom. The first-order valence-corrected chi connectivity index (χ1v) is 11.6. The summed E-state index contributed by atoms with van der Waals surface area (Å²) in [7, 11) is -3.83. The van der Waals surface area contributed by atoms with Crippen LogP contribution in [0.15, 0.2) is 70.2 Å². The monoisotopic (exact) mass is 529 g/mol. The lowest BCUT2D eigenvalue weighted by molar-refractivity contribution is 0.508. The van der Waals surface area contributed by atoms with Gasteiger partial charge >= 0.3 is 0 Å². The van der Waals surface area contributed by atoms with Gasteiger partial charge in [0, 0.05) is 23.1 Å². The van der Waals surface area contributed by atoms with Crippen molar-refractivity contribution in [1.29, 1.82) is 0 Å². The predicted molar refractivity (Wildman–Crippen MR) is 144 cm³/mol. The lowest BCUT2D eigenvalue weighted by atomic mass is 9.95. The molecule has 3 aromatic rings. The first kappa shape index (κ1) is 33.1. The number of aliphatic hydroxyl groups is 2. The van der Waals surface area contributed by atoms with E-state index in [1.807, 2.05) is 30.3 Å². The van der Waals surface area contributed by atoms with Gasteiger partial charge in [-0.2, -0.15) is 0 Å². The van der Waals surface area contributed by atoms with Gasteiger partial charge in [0.05, 0.1) is 11.2 Å². The number of thiocarbonyl (C=S) groups is 2. The van der Waals surface area contributed by atoms with Crippen LogP contribution in [0.4, 0.5) is 0 Å². The van der Waals surface area contributed by atoms with Gasteiger partial charge in [0.25, 0.3) is 10.3 Å². The minimum atomic E-state index is -3.83. The second kappa shape index (κ2) is 15.7. The fraction of sp³-hybridized carbons (Fsp3) is 0.182. The van der Waals surface area contributed by atoms with Crippen LogP contribution in [-0.2, 0) is 16.4 Å². The molecule has 0 atom stereocenters. The van der Waals surface area contributed by atoms with Crippen LogP contribution in [0.3, 0.4) is 0 Å². The second-order valence-electron chi connectivity index (χ2n) is 6.28. The first-order valence-electron chi connectivity index (χ1n) is 9.23. The van der Waals surface area contributed by atoms with E-state index in [4.69, 9.17) is 19.8 Å². The van der Waals surface area contributed by atoms with Crippen molar-refractivity contribution in [3.63, 3.8) is 0 Å². The number of hydrogen-bond acceptors (Lipinski definition) is 5. The Morgan fingerprint density at radius 1 is 0.941 bits per heavy atom. The molecule has 0 unspecified atom stereocenters. The van der Waals surface area contributed by atoms with E-state index in [9.17, 15) is 8.42 Å². The number of benzene rings is 2. The molecule has 1 heterocycles. The summed E-state index contributed by atoms with van der Waals surface area (Å²) < 4.78 is 29.7. The number of aryl methyl sites for hydroxylation is 1. The number of sulfonamides is 1. The van der Waals surface area contributed by atoms with Crippen molar-refractivity contribution in [3.05, 3.63) is 66.6 Å². The van der Waals surface area contributed by atoms with Gasteiger partial charge in [-0.1, -0.05) is 62.9 Å². The highest BCUT2D eigenvalue weighted by Crippen LogP contribution is 2.39. The third-order valence-corrected chi connectivity index (χ3v) is 4.86. The molecule has 0 radical (unpaired) electrons. The summed E-state index contributed by atoms with van der Waals surface area (Å²) in [5, 5.41) is 19.5. The standard InChI is InChI=1S/C19H19NO3S.2CH3NOS.CH4.H2O/c1-2-8-17-19(14-9-4-3-5-10-14)16(13-23-17)15-11-6-7-12-18(15)24(20,21)22;2*2-1(3)4;;/h3-7,9-13H,2,8H2,1H3,(H2,20,21,22);2*(H3,2,3,4);1H4;1H2. The lowest BCUT2D eigenvalue weighted by Gasteiger charge is -2.09. The molecule has 2 aromatic carbocycles. The zero-order chi connectivity index (χ0) is 24.3. The summed E-state index contributed by atoms with van der Waals surface area (Å²) >= 11 is 7.74. The van der Waals surface area contributed by atoms with Gasteiger partial charge in [-0.15, -0.1) is 0 Å². The Balaban J connectivity index is 0. The second-order valence-corrected chi connectivity index (χ2v) is 8.65. The molecule has 0 spiro atoms. The molecular formula is C22H31N3O6S3. The maximum atomic E-state index is 12.0. The van der Waals surface area contributed by atoms with E-state index in [2.05, 4.69) is 42.8 Å². The molecule has 0 saturated carbocycles. The number of nitrogens with two attached hydrogens (primary N) is 3. The van der Waals surface area contributed by atoms with Crippen LogP contribution in [0.2, 0.25) is 0 Å². The molecule has 0 aliphatic carbocycles. The normalized spacial score (nSPS) is 9.59. The van der Waals surface area contributed by atoms with E-state index in [1.165, 1.54) is 6.07 Å². The molecule has 0 aliphatic rings. The molecule has 0 amide bonds. The smallest absolute Gasteiger partial charge is 0.251 e. The van der Waals surface area contributed by atoms with Crippen LogP contribution in [0.5, 0.6) is 0 Å². The van der Waals surface area contributed by atoms with E-state index in [-0.39, 0.29) is 17.8 Å². The molecule has 0 saturated heterocycles. The molecule has 188 valence electrons. The largest absolute Gasteiger partial charge is 0.487 e. The van der Waals surface area contributed by atoms with Gasteiger partial charge in [-0.3, -0.25) is 0 Å². The molecule has 9 nitrogen and oxygen atoms in total. The van der Waals surface area contributed by atoms with Gasteiger partial charge in [0.2, 0.25) is 10.0 Å². The van der Waals surface area contributed by atoms with Gasteiger partial charge in [0.1, 0.15) is 5.76 Å². The third kappa shape index (κ3) is 10.7. The molecule has 0 fully saturated rings. The Labute approximate surface area is 210 Å². The summed E-state index contributed by atoms with van der Waals surface area (Å²) in [4.78, 5) is 0.103. The van der Waals surface area contributed by atoms with Crippen LogP contribution in [0, 0.1) is 0 Å². The predicted octanol–water partition coefficient (Wildman–Crippen LogP) is 3.60. The number of aliphatic hydroxyl groups excluding tert-OH is 2. The fourth-order valence-electron chi connectivity index (χ4n) is 2.87. The van der Waals surface area contributed by atoms with E-state index >= 15 is 0 Å². The maximum absolute atomic E-state index is 12.0. The average molecular weight is 530 g/mol. The van der Waals surface area contributed by atoms with Crippen molar-refractivity contribution in [2.75, 3.05) is 0 Å². The van der Waals surface area contributed by atoms with Crippen molar-refractivity contribution in [3.8, 4) is 22.3 Å². The number of rotatable bonds is 5. The SMILES string of the molecule is C.CCCc1occ(-c2ccccc2S(N)(=O)=O)c1-c1ccccc1.NC(O)=S.NC(O)=S.O. The van der Waals surface area contributed by atoms with Crippen molar-refractivity contribution in [2.45, 2.75) is 32.1 Å². The highest BCUT2D eigenvalue weighted by atomic mass is 32.2. The highest BCUT2D eigenvalue weighted by molar-refractivity contribution is 7.89. The summed E-state index contributed by atoms with van der Waals surface area (Å²) in [5.74, 6) is 0.850. The summed E-state index contributed by atoms with van der Waals surface area (Å²) in [6.07, 6.45) is 3.34. The number of furan rings is 1. The van der Waals surface area contributed by atoms with Crippen molar-refractivity contribution >= 4 is 44.8 Å². The Hall–Kier alpha value is -3.03. The van der Waals surface area contributed by atoms with Crippen LogP contribution < -0.4 is 16.6 Å². The fourth-order valence-corrected chi connectivity index (χ4v) is 3.62. The molecule has 10 N–H and O–H groups in total.